The summed E-state index contributed by atoms with van der Waals surface area (Å²) >= 11 is 0. The summed E-state index contributed by atoms with van der Waals surface area (Å²) in [6.45, 7) is 0. The lowest BCUT2D eigenvalue weighted by Gasteiger charge is -2.32. The molecule has 2 aliphatic rings. The van der Waals surface area contributed by atoms with E-state index in [1.54, 1.807) is 0 Å². The van der Waals surface area contributed by atoms with E-state index in [1.807, 2.05) is 0 Å². The van der Waals surface area contributed by atoms with Crippen LogP contribution >= 0.6 is 0 Å². The van der Waals surface area contributed by atoms with Crippen molar-refractivity contribution >= 4 is 5.78 Å². The first-order valence-electron chi connectivity index (χ1n) is 5.95. The quantitative estimate of drug-likeness (QED) is 0.629. The molecule has 1 spiro atoms. The first-order valence-corrected chi connectivity index (χ1v) is 5.95. The fourth-order valence-corrected chi connectivity index (χ4v) is 3.33. The highest BCUT2D eigenvalue weighted by atomic mass is 16.1. The Bertz CT molecular complexity index is 404. The van der Waals surface area contributed by atoms with Crippen LogP contribution in [0.5, 0.6) is 0 Å². The van der Waals surface area contributed by atoms with Gasteiger partial charge in [0, 0.05) is 6.42 Å². The second-order valence-electron chi connectivity index (χ2n) is 4.87. The summed E-state index contributed by atoms with van der Waals surface area (Å²) in [5, 5.41) is 0. The molecule has 1 atom stereocenters. The number of rotatable bonds is 0. The standard InChI is InChI=1S/C14H16O/c15-13-7-3-4-9-14(13)10-8-11-5-1-2-6-12(11)14/h1-2,5-6H,3-4,7-10H2. The zero-order valence-corrected chi connectivity index (χ0v) is 8.96. The monoisotopic (exact) mass is 200 g/mol. The van der Waals surface area contributed by atoms with Crippen molar-refractivity contribution < 1.29 is 4.79 Å². The lowest BCUT2D eigenvalue weighted by molar-refractivity contribution is -0.126. The van der Waals surface area contributed by atoms with E-state index in [4.69, 9.17) is 0 Å². The summed E-state index contributed by atoms with van der Waals surface area (Å²) in [5.74, 6) is 0.499. The first kappa shape index (κ1) is 9.14. The molecule has 0 N–H and O–H groups in total. The van der Waals surface area contributed by atoms with Crippen molar-refractivity contribution in [3.63, 3.8) is 0 Å². The van der Waals surface area contributed by atoms with Crippen molar-refractivity contribution in [3.8, 4) is 0 Å². The maximum atomic E-state index is 12.2. The Morgan fingerprint density at radius 3 is 2.73 bits per heavy atom. The number of carbonyl (C=O) groups excluding carboxylic acids is 1. The Hall–Kier alpha value is -1.11. The number of aryl methyl sites for hydroxylation is 1. The lowest BCUT2D eigenvalue weighted by atomic mass is 9.69. The molecule has 1 aromatic carbocycles. The molecule has 15 heavy (non-hydrogen) atoms. The average Bonchev–Trinajstić information content (AvgIpc) is 2.64. The Labute approximate surface area is 90.5 Å². The van der Waals surface area contributed by atoms with Crippen LogP contribution in [0.1, 0.15) is 43.2 Å². The van der Waals surface area contributed by atoms with E-state index in [0.29, 0.717) is 5.78 Å². The van der Waals surface area contributed by atoms with Crippen molar-refractivity contribution in [3.05, 3.63) is 35.4 Å². The van der Waals surface area contributed by atoms with Crippen LogP contribution in [-0.2, 0) is 16.6 Å². The van der Waals surface area contributed by atoms with Gasteiger partial charge in [-0.3, -0.25) is 4.79 Å². The van der Waals surface area contributed by atoms with Crippen LogP contribution in [0.25, 0.3) is 0 Å². The van der Waals surface area contributed by atoms with E-state index in [2.05, 4.69) is 24.3 Å². The average molecular weight is 200 g/mol. The number of hydrogen-bond donors (Lipinski definition) is 0. The predicted molar refractivity (Wildman–Crippen MR) is 59.9 cm³/mol. The largest absolute Gasteiger partial charge is 0.299 e. The predicted octanol–water partition coefficient (Wildman–Crippen LogP) is 3.01. The maximum Gasteiger partial charge on any atom is 0.143 e. The lowest BCUT2D eigenvalue weighted by Crippen LogP contribution is -2.36. The Balaban J connectivity index is 2.11. The Morgan fingerprint density at radius 1 is 1.00 bits per heavy atom. The fourth-order valence-electron chi connectivity index (χ4n) is 3.33. The smallest absolute Gasteiger partial charge is 0.143 e. The molecule has 78 valence electrons. The summed E-state index contributed by atoms with van der Waals surface area (Å²) in [5.41, 5.74) is 2.68. The zero-order valence-electron chi connectivity index (χ0n) is 8.96. The zero-order chi connectivity index (χ0) is 10.3. The van der Waals surface area contributed by atoms with Crippen LogP contribution in [0.3, 0.4) is 0 Å². The van der Waals surface area contributed by atoms with Gasteiger partial charge in [-0.15, -0.1) is 0 Å². The van der Waals surface area contributed by atoms with E-state index >= 15 is 0 Å². The molecular weight excluding hydrogens is 184 g/mol. The van der Waals surface area contributed by atoms with Gasteiger partial charge < -0.3 is 0 Å². The fraction of sp³-hybridized carbons (Fsp3) is 0.500. The number of benzene rings is 1. The molecule has 0 amide bonds. The van der Waals surface area contributed by atoms with Crippen molar-refractivity contribution in [1.29, 1.82) is 0 Å². The second-order valence-corrected chi connectivity index (χ2v) is 4.87. The summed E-state index contributed by atoms with van der Waals surface area (Å²) in [6.07, 6.45) is 6.37. The molecule has 0 saturated heterocycles. The van der Waals surface area contributed by atoms with Crippen LogP contribution in [0.2, 0.25) is 0 Å². The van der Waals surface area contributed by atoms with Crippen LogP contribution in [0.15, 0.2) is 24.3 Å². The van der Waals surface area contributed by atoms with Gasteiger partial charge in [-0.1, -0.05) is 30.7 Å². The summed E-state index contributed by atoms with van der Waals surface area (Å²) in [6, 6.07) is 8.52. The van der Waals surface area contributed by atoms with Gasteiger partial charge in [0.2, 0.25) is 0 Å². The van der Waals surface area contributed by atoms with Gasteiger partial charge in [0.05, 0.1) is 5.41 Å². The normalized spacial score (nSPS) is 29.5. The maximum absolute atomic E-state index is 12.2. The topological polar surface area (TPSA) is 17.1 Å². The van der Waals surface area contributed by atoms with E-state index in [0.717, 1.165) is 32.1 Å². The van der Waals surface area contributed by atoms with Gasteiger partial charge in [0.15, 0.2) is 0 Å². The molecule has 1 aromatic rings. The molecule has 1 fully saturated rings. The van der Waals surface area contributed by atoms with Gasteiger partial charge in [0.25, 0.3) is 0 Å². The highest BCUT2D eigenvalue weighted by Crippen LogP contribution is 2.46. The molecule has 3 rings (SSSR count). The molecule has 0 heterocycles. The molecule has 1 saturated carbocycles. The van der Waals surface area contributed by atoms with Crippen LogP contribution in [-0.4, -0.2) is 5.78 Å². The summed E-state index contributed by atoms with van der Waals surface area (Å²) < 4.78 is 0. The third-order valence-corrected chi connectivity index (χ3v) is 4.15. The number of ketones is 1. The van der Waals surface area contributed by atoms with Crippen LogP contribution in [0, 0.1) is 0 Å². The molecule has 0 aliphatic heterocycles. The van der Waals surface area contributed by atoms with Crippen LogP contribution < -0.4 is 0 Å². The minimum Gasteiger partial charge on any atom is -0.299 e. The van der Waals surface area contributed by atoms with Crippen molar-refractivity contribution in [2.45, 2.75) is 43.9 Å². The SMILES string of the molecule is O=C1CCCCC12CCc1ccccc12. The van der Waals surface area contributed by atoms with Gasteiger partial charge in [-0.2, -0.15) is 0 Å². The van der Waals surface area contributed by atoms with Crippen molar-refractivity contribution in [1.82, 2.24) is 0 Å². The highest BCUT2D eigenvalue weighted by Gasteiger charge is 2.45. The minimum absolute atomic E-state index is 0.0746. The Morgan fingerprint density at radius 2 is 1.87 bits per heavy atom. The minimum atomic E-state index is -0.0746. The Kier molecular flexibility index (Phi) is 1.95. The third-order valence-electron chi connectivity index (χ3n) is 4.15. The molecule has 2 aliphatic carbocycles. The highest BCUT2D eigenvalue weighted by molar-refractivity contribution is 5.92. The molecule has 0 radical (unpaired) electrons. The van der Waals surface area contributed by atoms with E-state index in [9.17, 15) is 4.79 Å². The van der Waals surface area contributed by atoms with Crippen LogP contribution in [0.4, 0.5) is 0 Å². The summed E-state index contributed by atoms with van der Waals surface area (Å²) in [4.78, 5) is 12.2. The number of fused-ring (bicyclic) bond motifs is 2. The molecule has 1 nitrogen and oxygen atoms in total. The van der Waals surface area contributed by atoms with E-state index in [-0.39, 0.29) is 5.41 Å². The number of hydrogen-bond acceptors (Lipinski definition) is 1. The first-order chi connectivity index (χ1) is 7.33. The molecule has 1 heteroatoms. The molecular formula is C14H16O. The third kappa shape index (κ3) is 1.19. The van der Waals surface area contributed by atoms with Gasteiger partial charge >= 0.3 is 0 Å². The van der Waals surface area contributed by atoms with Crippen molar-refractivity contribution in [2.75, 3.05) is 0 Å². The molecule has 1 unspecified atom stereocenters. The van der Waals surface area contributed by atoms with Gasteiger partial charge in [-0.05, 0) is 36.8 Å². The molecule has 0 bridgehead atoms. The molecule has 0 aromatic heterocycles. The number of carbonyl (C=O) groups is 1. The van der Waals surface area contributed by atoms with Crippen molar-refractivity contribution in [2.24, 2.45) is 0 Å². The summed E-state index contributed by atoms with van der Waals surface area (Å²) in [7, 11) is 0. The van der Waals surface area contributed by atoms with E-state index in [1.165, 1.54) is 17.5 Å². The number of Topliss-reactive ketones (excluding diaryl/α,β-unsaturated/α-hetero) is 1. The van der Waals surface area contributed by atoms with Gasteiger partial charge in [0.1, 0.15) is 5.78 Å². The van der Waals surface area contributed by atoms with Gasteiger partial charge in [-0.25, -0.2) is 0 Å². The second kappa shape index (κ2) is 3.19. The van der Waals surface area contributed by atoms with E-state index < -0.39 is 0 Å².